The van der Waals surface area contributed by atoms with E-state index in [9.17, 15) is 0 Å². The second-order valence-electron chi connectivity index (χ2n) is 3.64. The van der Waals surface area contributed by atoms with Gasteiger partial charge in [-0.2, -0.15) is 0 Å². The molecule has 3 nitrogen and oxygen atoms in total. The van der Waals surface area contributed by atoms with E-state index in [1.54, 1.807) is 0 Å². The molecule has 84 valence electrons. The van der Waals surface area contributed by atoms with Crippen LogP contribution in [0.15, 0.2) is 18.3 Å². The molecule has 1 aromatic heterocycles. The van der Waals surface area contributed by atoms with Gasteiger partial charge in [-0.15, -0.1) is 0 Å². The first-order valence-corrected chi connectivity index (χ1v) is 5.76. The molecule has 0 spiro atoms. The fraction of sp³-hybridized carbons (Fsp3) is 0.583. The number of rotatable bonds is 7. The number of pyridine rings is 1. The molecule has 0 saturated heterocycles. The third-order valence-corrected chi connectivity index (χ3v) is 2.13. The van der Waals surface area contributed by atoms with Crippen molar-refractivity contribution in [3.8, 4) is 0 Å². The van der Waals surface area contributed by atoms with E-state index < -0.39 is 0 Å². The van der Waals surface area contributed by atoms with Crippen molar-refractivity contribution in [2.75, 3.05) is 18.4 Å². The molecule has 2 N–H and O–H groups in total. The number of anilines is 1. The lowest BCUT2D eigenvalue weighted by Gasteiger charge is -2.07. The van der Waals surface area contributed by atoms with Crippen LogP contribution in [0, 0.1) is 0 Å². The molecular formula is C12H21N3. The van der Waals surface area contributed by atoms with Crippen molar-refractivity contribution < 1.29 is 0 Å². The summed E-state index contributed by atoms with van der Waals surface area (Å²) in [5.74, 6) is 0. The quantitative estimate of drug-likeness (QED) is 0.674. The average molecular weight is 207 g/mol. The Bertz CT molecular complexity index is 273. The molecule has 0 fully saturated rings. The highest BCUT2D eigenvalue weighted by Gasteiger charge is 1.95. The molecular weight excluding hydrogens is 186 g/mol. The lowest BCUT2D eigenvalue weighted by Crippen LogP contribution is -2.15. The van der Waals surface area contributed by atoms with Gasteiger partial charge in [-0.05, 0) is 31.5 Å². The molecule has 0 aliphatic rings. The van der Waals surface area contributed by atoms with Gasteiger partial charge in [0, 0.05) is 25.0 Å². The summed E-state index contributed by atoms with van der Waals surface area (Å²) in [4.78, 5) is 4.32. The summed E-state index contributed by atoms with van der Waals surface area (Å²) in [6.45, 7) is 7.26. The highest BCUT2D eigenvalue weighted by molar-refractivity contribution is 5.42. The van der Waals surface area contributed by atoms with Crippen molar-refractivity contribution in [3.63, 3.8) is 0 Å². The van der Waals surface area contributed by atoms with Crippen LogP contribution in [0.25, 0.3) is 0 Å². The molecule has 1 aromatic rings. The van der Waals surface area contributed by atoms with E-state index in [2.05, 4.69) is 35.5 Å². The number of hydrogen-bond donors (Lipinski definition) is 2. The topological polar surface area (TPSA) is 37.0 Å². The van der Waals surface area contributed by atoms with Crippen molar-refractivity contribution in [2.24, 2.45) is 0 Å². The Labute approximate surface area is 92.3 Å². The van der Waals surface area contributed by atoms with Crippen LogP contribution in [-0.4, -0.2) is 18.1 Å². The fourth-order valence-corrected chi connectivity index (χ4v) is 1.35. The Morgan fingerprint density at radius 3 is 2.73 bits per heavy atom. The Hall–Kier alpha value is -1.09. The predicted octanol–water partition coefficient (Wildman–Crippen LogP) is 2.40. The van der Waals surface area contributed by atoms with Gasteiger partial charge in [0.1, 0.15) is 0 Å². The van der Waals surface area contributed by atoms with E-state index in [1.165, 1.54) is 5.69 Å². The van der Waals surface area contributed by atoms with Crippen LogP contribution in [0.5, 0.6) is 0 Å². The van der Waals surface area contributed by atoms with Gasteiger partial charge in [0.25, 0.3) is 0 Å². The van der Waals surface area contributed by atoms with Crippen LogP contribution in [0.2, 0.25) is 0 Å². The molecule has 0 aliphatic carbocycles. The van der Waals surface area contributed by atoms with Crippen LogP contribution in [0.3, 0.4) is 0 Å². The van der Waals surface area contributed by atoms with Crippen LogP contribution >= 0.6 is 0 Å². The van der Waals surface area contributed by atoms with E-state index in [-0.39, 0.29) is 0 Å². The van der Waals surface area contributed by atoms with Gasteiger partial charge in [-0.1, -0.05) is 13.8 Å². The maximum Gasteiger partial charge on any atom is 0.0562 e. The van der Waals surface area contributed by atoms with E-state index in [1.807, 2.05) is 12.3 Å². The minimum Gasteiger partial charge on any atom is -0.385 e. The standard InChI is InChI=1S/C12H21N3/c1-3-6-13-10-12-9-11(5-8-15-12)14-7-4-2/h5,8-9,13H,3-4,6-7,10H2,1-2H3,(H,14,15). The van der Waals surface area contributed by atoms with Crippen LogP contribution in [0.1, 0.15) is 32.4 Å². The van der Waals surface area contributed by atoms with E-state index in [4.69, 9.17) is 0 Å². The van der Waals surface area contributed by atoms with E-state index in [0.717, 1.165) is 38.2 Å². The van der Waals surface area contributed by atoms with Gasteiger partial charge in [0.05, 0.1) is 5.69 Å². The Morgan fingerprint density at radius 1 is 1.20 bits per heavy atom. The number of aromatic nitrogens is 1. The third kappa shape index (κ3) is 4.79. The SMILES string of the molecule is CCCNCc1cc(NCCC)ccn1. The van der Waals surface area contributed by atoms with Gasteiger partial charge < -0.3 is 10.6 Å². The minimum atomic E-state index is 0.857. The Kier molecular flexibility index (Phi) is 5.78. The highest BCUT2D eigenvalue weighted by atomic mass is 14.9. The van der Waals surface area contributed by atoms with Gasteiger partial charge in [-0.25, -0.2) is 0 Å². The predicted molar refractivity (Wildman–Crippen MR) is 65.0 cm³/mol. The summed E-state index contributed by atoms with van der Waals surface area (Å²) in [6.07, 6.45) is 4.17. The largest absolute Gasteiger partial charge is 0.385 e. The normalized spacial score (nSPS) is 10.3. The van der Waals surface area contributed by atoms with Gasteiger partial charge in [-0.3, -0.25) is 4.98 Å². The van der Waals surface area contributed by atoms with Crippen molar-refractivity contribution in [1.82, 2.24) is 10.3 Å². The average Bonchev–Trinajstić information content (AvgIpc) is 2.27. The molecule has 0 bridgehead atoms. The maximum absolute atomic E-state index is 4.32. The van der Waals surface area contributed by atoms with E-state index in [0.29, 0.717) is 0 Å². The zero-order chi connectivity index (χ0) is 10.9. The van der Waals surface area contributed by atoms with Crippen molar-refractivity contribution in [3.05, 3.63) is 24.0 Å². The van der Waals surface area contributed by atoms with Crippen LogP contribution < -0.4 is 10.6 Å². The summed E-state index contributed by atoms with van der Waals surface area (Å²) in [5.41, 5.74) is 2.27. The Balaban J connectivity index is 2.42. The lowest BCUT2D eigenvalue weighted by molar-refractivity contribution is 0.664. The first-order valence-electron chi connectivity index (χ1n) is 5.76. The Morgan fingerprint density at radius 2 is 2.00 bits per heavy atom. The fourth-order valence-electron chi connectivity index (χ4n) is 1.35. The molecule has 0 saturated carbocycles. The second kappa shape index (κ2) is 7.23. The molecule has 0 amide bonds. The maximum atomic E-state index is 4.32. The zero-order valence-corrected chi connectivity index (χ0v) is 9.71. The smallest absolute Gasteiger partial charge is 0.0562 e. The lowest BCUT2D eigenvalue weighted by atomic mass is 10.3. The van der Waals surface area contributed by atoms with Gasteiger partial charge in [0.2, 0.25) is 0 Å². The molecule has 0 aromatic carbocycles. The molecule has 15 heavy (non-hydrogen) atoms. The molecule has 0 aliphatic heterocycles. The van der Waals surface area contributed by atoms with Crippen LogP contribution in [0.4, 0.5) is 5.69 Å². The second-order valence-corrected chi connectivity index (χ2v) is 3.64. The van der Waals surface area contributed by atoms with Crippen molar-refractivity contribution >= 4 is 5.69 Å². The zero-order valence-electron chi connectivity index (χ0n) is 9.71. The molecule has 1 heterocycles. The summed E-state index contributed by atoms with van der Waals surface area (Å²) < 4.78 is 0. The first-order chi connectivity index (χ1) is 7.36. The summed E-state index contributed by atoms with van der Waals surface area (Å²) in [7, 11) is 0. The highest BCUT2D eigenvalue weighted by Crippen LogP contribution is 2.07. The number of hydrogen-bond acceptors (Lipinski definition) is 3. The number of nitrogens with one attached hydrogen (secondary N) is 2. The molecule has 3 heteroatoms. The van der Waals surface area contributed by atoms with Crippen molar-refractivity contribution in [1.29, 1.82) is 0 Å². The minimum absolute atomic E-state index is 0.857. The summed E-state index contributed by atoms with van der Waals surface area (Å²) >= 11 is 0. The molecule has 0 unspecified atom stereocenters. The number of nitrogens with zero attached hydrogens (tertiary/aromatic N) is 1. The van der Waals surface area contributed by atoms with Crippen LogP contribution in [-0.2, 0) is 6.54 Å². The third-order valence-electron chi connectivity index (χ3n) is 2.13. The first kappa shape index (κ1) is 12.0. The molecule has 0 atom stereocenters. The van der Waals surface area contributed by atoms with Crippen molar-refractivity contribution in [2.45, 2.75) is 33.2 Å². The summed E-state index contributed by atoms with van der Waals surface area (Å²) in [6, 6.07) is 4.12. The molecule has 1 rings (SSSR count). The van der Waals surface area contributed by atoms with E-state index >= 15 is 0 Å². The van der Waals surface area contributed by atoms with Gasteiger partial charge >= 0.3 is 0 Å². The molecule has 0 radical (unpaired) electrons. The van der Waals surface area contributed by atoms with Gasteiger partial charge in [0.15, 0.2) is 0 Å². The summed E-state index contributed by atoms with van der Waals surface area (Å²) in [5, 5.41) is 6.70. The monoisotopic (exact) mass is 207 g/mol.